The van der Waals surface area contributed by atoms with E-state index in [-0.39, 0.29) is 29.4 Å². The van der Waals surface area contributed by atoms with Crippen LogP contribution >= 0.6 is 0 Å². The Hall–Kier alpha value is -3.55. The average molecular weight is 416 g/mol. The van der Waals surface area contributed by atoms with Crippen molar-refractivity contribution in [1.82, 2.24) is 0 Å². The molecule has 0 fully saturated rings. The number of carbonyl (C=O) groups is 2. The van der Waals surface area contributed by atoms with Gasteiger partial charge in [0, 0.05) is 0 Å². The summed E-state index contributed by atoms with van der Waals surface area (Å²) in [6, 6.07) is 7.85. The fourth-order valence-corrected chi connectivity index (χ4v) is 2.16. The zero-order valence-electron chi connectivity index (χ0n) is 14.2. The van der Waals surface area contributed by atoms with E-state index in [0.29, 0.717) is 0 Å². The van der Waals surface area contributed by atoms with E-state index in [1.807, 2.05) is 0 Å². The summed E-state index contributed by atoms with van der Waals surface area (Å²) in [6.07, 6.45) is -10.3. The van der Waals surface area contributed by atoms with E-state index in [1.54, 1.807) is 6.07 Å². The van der Waals surface area contributed by atoms with Gasteiger partial charge in [0.05, 0.1) is 27.9 Å². The number of benzene rings is 2. The zero-order valence-corrected chi connectivity index (χ0v) is 14.2. The summed E-state index contributed by atoms with van der Waals surface area (Å²) in [7, 11) is 0. The molecule has 0 bridgehead atoms. The highest BCUT2D eigenvalue weighted by Gasteiger charge is 2.37. The maximum atomic E-state index is 12.8. The summed E-state index contributed by atoms with van der Waals surface area (Å²) in [5.74, 6) is -2.49. The van der Waals surface area contributed by atoms with Crippen LogP contribution in [0, 0.1) is 11.3 Å². The summed E-state index contributed by atoms with van der Waals surface area (Å²) in [5, 5.41) is 11.2. The topological polar surface area (TPSA) is 79.2 Å². The van der Waals surface area contributed by atoms with Crippen LogP contribution in [0.15, 0.2) is 42.5 Å². The lowest BCUT2D eigenvalue weighted by molar-refractivity contribution is -0.143. The third-order valence-corrected chi connectivity index (χ3v) is 3.48. The van der Waals surface area contributed by atoms with E-state index < -0.39 is 47.5 Å². The first-order valence-corrected chi connectivity index (χ1v) is 7.67. The molecule has 0 unspecified atom stereocenters. The van der Waals surface area contributed by atoms with Crippen molar-refractivity contribution < 1.29 is 40.7 Å². The predicted molar refractivity (Wildman–Crippen MR) is 86.5 cm³/mol. The van der Waals surface area contributed by atoms with Gasteiger partial charge in [-0.25, -0.2) is 4.79 Å². The van der Waals surface area contributed by atoms with Crippen LogP contribution in [0.4, 0.5) is 32.0 Å². The van der Waals surface area contributed by atoms with Crippen molar-refractivity contribution >= 4 is 17.6 Å². The summed E-state index contributed by atoms with van der Waals surface area (Å²) >= 11 is 0. The molecule has 1 N–H and O–H groups in total. The molecular weight excluding hydrogens is 406 g/mol. The molecule has 11 heteroatoms. The quantitative estimate of drug-likeness (QED) is 0.592. The first-order valence-electron chi connectivity index (χ1n) is 7.67. The summed E-state index contributed by atoms with van der Waals surface area (Å²) < 4.78 is 81.4. The van der Waals surface area contributed by atoms with E-state index in [2.05, 4.69) is 10.1 Å². The van der Waals surface area contributed by atoms with Crippen LogP contribution in [0.1, 0.15) is 27.0 Å². The normalized spacial score (nSPS) is 11.5. The van der Waals surface area contributed by atoms with Gasteiger partial charge in [0.2, 0.25) is 0 Å². The molecule has 0 saturated carbocycles. The Bertz CT molecular complexity index is 945. The van der Waals surface area contributed by atoms with Crippen LogP contribution in [0.25, 0.3) is 0 Å². The number of amides is 1. The second-order valence-electron chi connectivity index (χ2n) is 5.58. The van der Waals surface area contributed by atoms with E-state index in [4.69, 9.17) is 5.26 Å². The second kappa shape index (κ2) is 8.22. The Morgan fingerprint density at radius 3 is 2.03 bits per heavy atom. The van der Waals surface area contributed by atoms with Crippen molar-refractivity contribution in [3.05, 3.63) is 64.7 Å². The number of halogens is 6. The predicted octanol–water partition coefficient (Wildman–Crippen LogP) is 4.39. The van der Waals surface area contributed by atoms with Crippen molar-refractivity contribution in [2.75, 3.05) is 11.9 Å². The molecule has 152 valence electrons. The lowest BCUT2D eigenvalue weighted by Gasteiger charge is -2.14. The van der Waals surface area contributed by atoms with Crippen molar-refractivity contribution in [2.24, 2.45) is 0 Å². The van der Waals surface area contributed by atoms with Gasteiger partial charge in [-0.2, -0.15) is 31.6 Å². The fourth-order valence-electron chi connectivity index (χ4n) is 2.16. The Kier molecular flexibility index (Phi) is 6.16. The molecule has 0 saturated heterocycles. The van der Waals surface area contributed by atoms with Crippen molar-refractivity contribution in [3.8, 4) is 6.07 Å². The molecule has 0 heterocycles. The molecular formula is C18H10F6N2O3. The minimum absolute atomic E-state index is 0.0921. The zero-order chi connectivity index (χ0) is 21.8. The fraction of sp³-hybridized carbons (Fsp3) is 0.167. The number of carbonyl (C=O) groups excluding carboxylic acids is 2. The number of esters is 1. The highest BCUT2D eigenvalue weighted by atomic mass is 19.4. The molecule has 0 aliphatic heterocycles. The maximum absolute atomic E-state index is 12.8. The third kappa shape index (κ3) is 5.71. The van der Waals surface area contributed by atoms with E-state index >= 15 is 0 Å². The van der Waals surface area contributed by atoms with Gasteiger partial charge in [-0.05, 0) is 30.3 Å². The molecule has 0 radical (unpaired) electrons. The number of hydrogen-bond acceptors (Lipinski definition) is 4. The Labute approximate surface area is 159 Å². The van der Waals surface area contributed by atoms with Crippen molar-refractivity contribution in [2.45, 2.75) is 12.4 Å². The van der Waals surface area contributed by atoms with E-state index in [9.17, 15) is 35.9 Å². The maximum Gasteiger partial charge on any atom is 0.416 e. The molecule has 1 amide bonds. The van der Waals surface area contributed by atoms with Gasteiger partial charge in [0.1, 0.15) is 6.07 Å². The molecule has 2 aromatic rings. The smallest absolute Gasteiger partial charge is 0.416 e. The van der Waals surface area contributed by atoms with Crippen LogP contribution in [-0.2, 0) is 21.9 Å². The summed E-state index contributed by atoms with van der Waals surface area (Å²) in [4.78, 5) is 23.7. The summed E-state index contributed by atoms with van der Waals surface area (Å²) in [5.41, 5.74) is -4.20. The summed E-state index contributed by atoms with van der Waals surface area (Å²) in [6.45, 7) is -0.990. The van der Waals surface area contributed by atoms with Gasteiger partial charge in [0.15, 0.2) is 6.61 Å². The highest BCUT2D eigenvalue weighted by Crippen LogP contribution is 2.36. The van der Waals surface area contributed by atoms with Crippen molar-refractivity contribution in [3.63, 3.8) is 0 Å². The van der Waals surface area contributed by atoms with E-state index in [0.717, 1.165) is 0 Å². The molecule has 0 aliphatic rings. The molecule has 2 rings (SSSR count). The number of rotatable bonds is 4. The number of nitrogens with zero attached hydrogens (tertiary/aromatic N) is 1. The second-order valence-corrected chi connectivity index (χ2v) is 5.58. The van der Waals surface area contributed by atoms with Crippen LogP contribution in [-0.4, -0.2) is 18.5 Å². The van der Waals surface area contributed by atoms with Gasteiger partial charge in [-0.3, -0.25) is 4.79 Å². The first-order chi connectivity index (χ1) is 13.4. The molecule has 29 heavy (non-hydrogen) atoms. The third-order valence-electron chi connectivity index (χ3n) is 3.48. The number of nitriles is 1. The van der Waals surface area contributed by atoms with Crippen molar-refractivity contribution in [1.29, 1.82) is 5.26 Å². The Balaban J connectivity index is 2.16. The standard InChI is InChI=1S/C18H10F6N2O3/c19-17(20,21)12-5-11(6-13(7-12)18(22,23)24)16(28)29-9-15(27)26-14-4-2-1-3-10(14)8-25/h1-7H,9H2,(H,26,27). The minimum atomic E-state index is -5.13. The molecule has 0 atom stereocenters. The molecule has 5 nitrogen and oxygen atoms in total. The average Bonchev–Trinajstić information content (AvgIpc) is 2.64. The number of alkyl halides is 6. The molecule has 0 spiro atoms. The monoisotopic (exact) mass is 416 g/mol. The minimum Gasteiger partial charge on any atom is -0.452 e. The largest absolute Gasteiger partial charge is 0.452 e. The van der Waals surface area contributed by atoms with Gasteiger partial charge in [-0.15, -0.1) is 0 Å². The van der Waals surface area contributed by atoms with E-state index in [1.165, 1.54) is 24.3 Å². The first kappa shape index (κ1) is 21.7. The molecule has 2 aromatic carbocycles. The highest BCUT2D eigenvalue weighted by molar-refractivity contribution is 5.96. The Morgan fingerprint density at radius 1 is 0.966 bits per heavy atom. The van der Waals surface area contributed by atoms with Gasteiger partial charge >= 0.3 is 18.3 Å². The lowest BCUT2D eigenvalue weighted by Crippen LogP contribution is -2.22. The van der Waals surface area contributed by atoms with Crippen LogP contribution in [0.2, 0.25) is 0 Å². The molecule has 0 aromatic heterocycles. The number of nitrogens with one attached hydrogen (secondary N) is 1. The van der Waals surface area contributed by atoms with Gasteiger partial charge < -0.3 is 10.1 Å². The van der Waals surface area contributed by atoms with Gasteiger partial charge in [0.25, 0.3) is 5.91 Å². The molecule has 0 aliphatic carbocycles. The van der Waals surface area contributed by atoms with Crippen LogP contribution in [0.3, 0.4) is 0 Å². The van der Waals surface area contributed by atoms with Gasteiger partial charge in [-0.1, -0.05) is 12.1 Å². The number of ether oxygens (including phenoxy) is 1. The van der Waals surface area contributed by atoms with Crippen LogP contribution < -0.4 is 5.32 Å². The lowest BCUT2D eigenvalue weighted by atomic mass is 10.0. The number of para-hydroxylation sites is 1. The van der Waals surface area contributed by atoms with Crippen LogP contribution in [0.5, 0.6) is 0 Å². The SMILES string of the molecule is N#Cc1ccccc1NC(=O)COC(=O)c1cc(C(F)(F)F)cc(C(F)(F)F)c1. The Morgan fingerprint density at radius 2 is 1.52 bits per heavy atom. The number of hydrogen-bond donors (Lipinski definition) is 1. The number of anilines is 1.